The van der Waals surface area contributed by atoms with Crippen LogP contribution in [0.25, 0.3) is 22.9 Å². The van der Waals surface area contributed by atoms with Crippen molar-refractivity contribution in [2.45, 2.75) is 46.0 Å². The summed E-state index contributed by atoms with van der Waals surface area (Å²) in [6, 6.07) is 15.4. The molecule has 30 heavy (non-hydrogen) atoms. The summed E-state index contributed by atoms with van der Waals surface area (Å²) in [5.74, 6) is 1.85. The lowest BCUT2D eigenvalue weighted by molar-refractivity contribution is 0.0760. The molecule has 156 valence electrons. The van der Waals surface area contributed by atoms with Crippen LogP contribution in [0.2, 0.25) is 0 Å². The van der Waals surface area contributed by atoms with Gasteiger partial charge in [0.15, 0.2) is 0 Å². The summed E-state index contributed by atoms with van der Waals surface area (Å²) in [4.78, 5) is 15.0. The standard InChI is InChI=1S/C25H29N3O2/c1-3-7-19-9-6-16-28(17-15-19)25(29)21-13-11-20(12-14-21)23-26-27-24(30-23)22-10-5-4-8-18(22)2/h4-5,8,10-14,19H,3,6-7,9,15-17H2,1-2H3/t19-/m1/s1. The van der Waals surface area contributed by atoms with E-state index in [0.717, 1.165) is 48.5 Å². The summed E-state index contributed by atoms with van der Waals surface area (Å²) < 4.78 is 5.89. The van der Waals surface area contributed by atoms with Crippen molar-refractivity contribution >= 4 is 5.91 Å². The summed E-state index contributed by atoms with van der Waals surface area (Å²) >= 11 is 0. The molecule has 1 aliphatic rings. The quantitative estimate of drug-likeness (QED) is 0.544. The summed E-state index contributed by atoms with van der Waals surface area (Å²) in [5, 5.41) is 8.39. The smallest absolute Gasteiger partial charge is 0.253 e. The van der Waals surface area contributed by atoms with Crippen molar-refractivity contribution < 1.29 is 9.21 Å². The van der Waals surface area contributed by atoms with Crippen molar-refractivity contribution in [3.05, 3.63) is 59.7 Å². The van der Waals surface area contributed by atoms with Gasteiger partial charge in [0.05, 0.1) is 0 Å². The van der Waals surface area contributed by atoms with Crippen molar-refractivity contribution in [1.29, 1.82) is 0 Å². The first-order valence-corrected chi connectivity index (χ1v) is 10.9. The number of hydrogen-bond donors (Lipinski definition) is 0. The maximum Gasteiger partial charge on any atom is 0.253 e. The van der Waals surface area contributed by atoms with Gasteiger partial charge in [0, 0.05) is 29.8 Å². The van der Waals surface area contributed by atoms with Gasteiger partial charge < -0.3 is 9.32 Å². The Hall–Kier alpha value is -2.95. The molecule has 0 unspecified atom stereocenters. The lowest BCUT2D eigenvalue weighted by atomic mass is 9.96. The molecule has 5 nitrogen and oxygen atoms in total. The van der Waals surface area contributed by atoms with E-state index in [1.54, 1.807) is 0 Å². The van der Waals surface area contributed by atoms with E-state index in [9.17, 15) is 4.79 Å². The third kappa shape index (κ3) is 4.45. The largest absolute Gasteiger partial charge is 0.416 e. The van der Waals surface area contributed by atoms with E-state index in [-0.39, 0.29) is 5.91 Å². The second kappa shape index (κ2) is 9.24. The molecule has 2 aromatic carbocycles. The molecule has 0 bridgehead atoms. The fourth-order valence-corrected chi connectivity index (χ4v) is 4.26. The van der Waals surface area contributed by atoms with E-state index >= 15 is 0 Å². The van der Waals surface area contributed by atoms with Crippen LogP contribution in [0.3, 0.4) is 0 Å². The van der Waals surface area contributed by atoms with Crippen molar-refractivity contribution in [2.24, 2.45) is 5.92 Å². The average Bonchev–Trinajstić information content (AvgIpc) is 3.14. The molecule has 1 aromatic heterocycles. The van der Waals surface area contributed by atoms with Crippen LogP contribution in [0, 0.1) is 12.8 Å². The molecule has 1 fully saturated rings. The summed E-state index contributed by atoms with van der Waals surface area (Å²) in [7, 11) is 0. The Balaban J connectivity index is 1.46. The topological polar surface area (TPSA) is 59.2 Å². The van der Waals surface area contributed by atoms with Gasteiger partial charge in [-0.2, -0.15) is 0 Å². The second-order valence-electron chi connectivity index (χ2n) is 8.18. The Morgan fingerprint density at radius 2 is 1.80 bits per heavy atom. The minimum atomic E-state index is 0.116. The van der Waals surface area contributed by atoms with Gasteiger partial charge in [0.1, 0.15) is 0 Å². The first kappa shape index (κ1) is 20.3. The Morgan fingerprint density at radius 1 is 1.03 bits per heavy atom. The number of nitrogens with zero attached hydrogens (tertiary/aromatic N) is 3. The summed E-state index contributed by atoms with van der Waals surface area (Å²) in [6.07, 6.45) is 5.93. The van der Waals surface area contributed by atoms with Crippen LogP contribution in [0.4, 0.5) is 0 Å². The van der Waals surface area contributed by atoms with E-state index in [0.29, 0.717) is 17.3 Å². The minimum absolute atomic E-state index is 0.116. The number of carbonyl (C=O) groups excluding carboxylic acids is 1. The van der Waals surface area contributed by atoms with Crippen LogP contribution in [-0.4, -0.2) is 34.1 Å². The van der Waals surface area contributed by atoms with Crippen LogP contribution >= 0.6 is 0 Å². The Morgan fingerprint density at radius 3 is 2.57 bits per heavy atom. The van der Waals surface area contributed by atoms with Gasteiger partial charge in [-0.25, -0.2) is 0 Å². The molecular weight excluding hydrogens is 374 g/mol. The molecule has 5 heteroatoms. The maximum absolute atomic E-state index is 13.0. The van der Waals surface area contributed by atoms with Crippen LogP contribution in [0.5, 0.6) is 0 Å². The molecule has 0 N–H and O–H groups in total. The normalized spacial score (nSPS) is 17.0. The molecule has 2 heterocycles. The zero-order chi connectivity index (χ0) is 20.9. The second-order valence-corrected chi connectivity index (χ2v) is 8.18. The van der Waals surface area contributed by atoms with Gasteiger partial charge >= 0.3 is 0 Å². The highest BCUT2D eigenvalue weighted by Gasteiger charge is 2.21. The minimum Gasteiger partial charge on any atom is -0.416 e. The van der Waals surface area contributed by atoms with Crippen molar-refractivity contribution in [2.75, 3.05) is 13.1 Å². The van der Waals surface area contributed by atoms with Crippen LogP contribution in [-0.2, 0) is 0 Å². The first-order chi connectivity index (χ1) is 14.7. The molecule has 0 spiro atoms. The Kier molecular flexibility index (Phi) is 6.26. The van der Waals surface area contributed by atoms with Gasteiger partial charge in [-0.3, -0.25) is 4.79 Å². The lowest BCUT2D eigenvalue weighted by Crippen LogP contribution is -2.32. The SMILES string of the molecule is CCC[C@@H]1CCCN(C(=O)c2ccc(-c3nnc(-c4ccccc4C)o3)cc2)CC1. The number of rotatable bonds is 5. The molecule has 0 aliphatic carbocycles. The zero-order valence-electron chi connectivity index (χ0n) is 17.8. The molecule has 1 saturated heterocycles. The molecule has 0 saturated carbocycles. The van der Waals surface area contributed by atoms with E-state index < -0.39 is 0 Å². The number of aryl methyl sites for hydroxylation is 1. The van der Waals surface area contributed by atoms with E-state index in [4.69, 9.17) is 4.42 Å². The van der Waals surface area contributed by atoms with Crippen LogP contribution in [0.15, 0.2) is 52.9 Å². The van der Waals surface area contributed by atoms with Crippen LogP contribution < -0.4 is 0 Å². The van der Waals surface area contributed by atoms with Gasteiger partial charge in [-0.15, -0.1) is 10.2 Å². The summed E-state index contributed by atoms with van der Waals surface area (Å²) in [5.41, 5.74) is 3.56. The predicted octanol–water partition coefficient (Wildman–Crippen LogP) is 5.75. The fourth-order valence-electron chi connectivity index (χ4n) is 4.26. The van der Waals surface area contributed by atoms with E-state index in [2.05, 4.69) is 17.1 Å². The van der Waals surface area contributed by atoms with Crippen molar-refractivity contribution in [3.63, 3.8) is 0 Å². The number of benzene rings is 2. The summed E-state index contributed by atoms with van der Waals surface area (Å²) in [6.45, 7) is 5.97. The number of aromatic nitrogens is 2. The molecule has 3 aromatic rings. The molecule has 1 atom stereocenters. The zero-order valence-corrected chi connectivity index (χ0v) is 17.8. The van der Waals surface area contributed by atoms with E-state index in [1.165, 1.54) is 19.3 Å². The average molecular weight is 404 g/mol. The monoisotopic (exact) mass is 403 g/mol. The predicted molar refractivity (Wildman–Crippen MR) is 118 cm³/mol. The number of likely N-dealkylation sites (tertiary alicyclic amines) is 1. The highest BCUT2D eigenvalue weighted by molar-refractivity contribution is 5.94. The highest BCUT2D eigenvalue weighted by atomic mass is 16.4. The Labute approximate surface area is 178 Å². The molecule has 1 aliphatic heterocycles. The fraction of sp³-hybridized carbons (Fsp3) is 0.400. The third-order valence-electron chi connectivity index (χ3n) is 6.01. The van der Waals surface area contributed by atoms with Gasteiger partial charge in [-0.05, 0) is 68.0 Å². The number of hydrogen-bond acceptors (Lipinski definition) is 4. The highest BCUT2D eigenvalue weighted by Crippen LogP contribution is 2.27. The van der Waals surface area contributed by atoms with Crippen molar-refractivity contribution in [3.8, 4) is 22.9 Å². The Bertz CT molecular complexity index is 994. The van der Waals surface area contributed by atoms with Gasteiger partial charge in [0.25, 0.3) is 5.91 Å². The van der Waals surface area contributed by atoms with Crippen LogP contribution in [0.1, 0.15) is 54.9 Å². The lowest BCUT2D eigenvalue weighted by Gasteiger charge is -2.20. The molecule has 1 amide bonds. The van der Waals surface area contributed by atoms with Gasteiger partial charge in [0.2, 0.25) is 11.8 Å². The maximum atomic E-state index is 13.0. The molecule has 0 radical (unpaired) electrons. The van der Waals surface area contributed by atoms with Crippen molar-refractivity contribution in [1.82, 2.24) is 15.1 Å². The molecule has 4 rings (SSSR count). The molecular formula is C25H29N3O2. The number of amides is 1. The third-order valence-corrected chi connectivity index (χ3v) is 6.01. The van der Waals surface area contributed by atoms with E-state index in [1.807, 2.05) is 60.4 Å². The van der Waals surface area contributed by atoms with Gasteiger partial charge in [-0.1, -0.05) is 38.0 Å². The number of carbonyl (C=O) groups is 1. The first-order valence-electron chi connectivity index (χ1n) is 10.9.